The lowest BCUT2D eigenvalue weighted by molar-refractivity contribution is -0.126. The maximum absolute atomic E-state index is 13.8. The Morgan fingerprint density at radius 1 is 1.14 bits per heavy atom. The smallest absolute Gasteiger partial charge is 0.299 e. The predicted molar refractivity (Wildman–Crippen MR) is 139 cm³/mol. The van der Waals surface area contributed by atoms with Crippen LogP contribution < -0.4 is 11.1 Å². The van der Waals surface area contributed by atoms with Gasteiger partial charge < -0.3 is 16.0 Å². The average molecular weight is 479 g/mol. The number of likely N-dealkylation sites (tertiary alicyclic amines) is 1. The molecule has 5 rings (SSSR count). The van der Waals surface area contributed by atoms with E-state index in [1.807, 2.05) is 49.4 Å². The fraction of sp³-hybridized carbons (Fsp3) is 0.214. The normalized spacial score (nSPS) is 14.9. The molecular formula is C28H26N6O2. The number of rotatable bonds is 5. The van der Waals surface area contributed by atoms with Gasteiger partial charge >= 0.3 is 0 Å². The lowest BCUT2D eigenvalue weighted by atomic mass is 10.0. The van der Waals surface area contributed by atoms with Gasteiger partial charge in [0.1, 0.15) is 22.9 Å². The van der Waals surface area contributed by atoms with Crippen LogP contribution in [0.4, 0.5) is 17.2 Å². The molecule has 180 valence electrons. The number of aryl methyl sites for hydroxylation is 1. The highest BCUT2D eigenvalue weighted by Gasteiger charge is 2.34. The van der Waals surface area contributed by atoms with Crippen LogP contribution in [0.25, 0.3) is 5.52 Å². The van der Waals surface area contributed by atoms with Crippen molar-refractivity contribution in [1.82, 2.24) is 19.3 Å². The van der Waals surface area contributed by atoms with Crippen LogP contribution in [0.1, 0.15) is 53.2 Å². The van der Waals surface area contributed by atoms with Gasteiger partial charge in [-0.15, -0.1) is 0 Å². The standard InChI is InChI=1S/C28H26N6O2/c1-3-8-23(35)33-15-7-11-22(33)28-32-24(25-27(29)30-14-16-34(25)28)26(36)21-13-12-20(17-18(21)2)31-19-9-5-4-6-10-19/h4-6,9-10,12-14,16-17,22,31H,7,11,15H2,1-2H3,(H2,29,30)/t22-/m0/s1. The maximum atomic E-state index is 13.8. The minimum Gasteiger partial charge on any atom is -0.382 e. The van der Waals surface area contributed by atoms with Gasteiger partial charge in [0.05, 0.1) is 6.04 Å². The van der Waals surface area contributed by atoms with Crippen LogP contribution in [-0.4, -0.2) is 37.5 Å². The summed E-state index contributed by atoms with van der Waals surface area (Å²) in [5.74, 6) is 5.61. The zero-order valence-electron chi connectivity index (χ0n) is 20.2. The highest BCUT2D eigenvalue weighted by atomic mass is 16.2. The molecule has 1 amide bonds. The number of nitrogens with zero attached hydrogens (tertiary/aromatic N) is 4. The van der Waals surface area contributed by atoms with Crippen LogP contribution >= 0.6 is 0 Å². The SMILES string of the molecule is CC#CC(=O)N1CCC[C@H]1c1nc(C(=O)c2ccc(Nc3ccccc3)cc2C)c2c(N)nccn12. The number of hydrogen-bond donors (Lipinski definition) is 2. The van der Waals surface area contributed by atoms with Crippen molar-refractivity contribution in [1.29, 1.82) is 0 Å². The lowest BCUT2D eigenvalue weighted by Gasteiger charge is -2.21. The summed E-state index contributed by atoms with van der Waals surface area (Å²) in [5.41, 5.74) is 10.1. The molecular weight excluding hydrogens is 452 g/mol. The Morgan fingerprint density at radius 3 is 2.69 bits per heavy atom. The van der Waals surface area contributed by atoms with E-state index in [0.717, 1.165) is 29.8 Å². The van der Waals surface area contributed by atoms with Crippen molar-refractivity contribution in [3.8, 4) is 11.8 Å². The molecule has 0 unspecified atom stereocenters. The van der Waals surface area contributed by atoms with Gasteiger partial charge in [-0.3, -0.25) is 14.0 Å². The number of nitrogen functional groups attached to an aromatic ring is 1. The van der Waals surface area contributed by atoms with Crippen molar-refractivity contribution in [3.05, 3.63) is 83.6 Å². The monoisotopic (exact) mass is 478 g/mol. The Balaban J connectivity index is 1.54. The molecule has 1 saturated heterocycles. The third-order valence-corrected chi connectivity index (χ3v) is 6.40. The van der Waals surface area contributed by atoms with Crippen molar-refractivity contribution in [2.45, 2.75) is 32.7 Å². The first-order valence-corrected chi connectivity index (χ1v) is 11.8. The zero-order valence-corrected chi connectivity index (χ0v) is 20.2. The molecule has 0 aliphatic carbocycles. The molecule has 1 aliphatic heterocycles. The molecule has 1 atom stereocenters. The van der Waals surface area contributed by atoms with E-state index in [0.29, 0.717) is 23.4 Å². The van der Waals surface area contributed by atoms with Gasteiger partial charge in [0.15, 0.2) is 0 Å². The number of ketones is 1. The predicted octanol–water partition coefficient (Wildman–Crippen LogP) is 4.28. The first kappa shape index (κ1) is 23.1. The Hall–Kier alpha value is -4.64. The van der Waals surface area contributed by atoms with Crippen LogP contribution in [0.5, 0.6) is 0 Å². The highest BCUT2D eigenvalue weighted by molar-refractivity contribution is 6.14. The number of fused-ring (bicyclic) bond motifs is 1. The van der Waals surface area contributed by atoms with Crippen LogP contribution in [0.15, 0.2) is 60.9 Å². The van der Waals surface area contributed by atoms with E-state index in [-0.39, 0.29) is 29.2 Å². The Kier molecular flexibility index (Phi) is 6.13. The molecule has 1 fully saturated rings. The Labute approximate surface area is 209 Å². The molecule has 8 heteroatoms. The highest BCUT2D eigenvalue weighted by Crippen LogP contribution is 2.34. The largest absolute Gasteiger partial charge is 0.382 e. The third kappa shape index (κ3) is 4.16. The van der Waals surface area contributed by atoms with E-state index in [1.54, 1.807) is 34.7 Å². The van der Waals surface area contributed by atoms with E-state index in [9.17, 15) is 9.59 Å². The number of nitrogens with two attached hydrogens (primary N) is 1. The van der Waals surface area contributed by atoms with Crippen molar-refractivity contribution in [2.24, 2.45) is 0 Å². The zero-order chi connectivity index (χ0) is 25.2. The lowest BCUT2D eigenvalue weighted by Crippen LogP contribution is -2.30. The van der Waals surface area contributed by atoms with Crippen molar-refractivity contribution < 1.29 is 9.59 Å². The third-order valence-electron chi connectivity index (χ3n) is 6.40. The van der Waals surface area contributed by atoms with E-state index < -0.39 is 0 Å². The number of benzene rings is 2. The van der Waals surface area contributed by atoms with Crippen molar-refractivity contribution >= 4 is 34.4 Å². The Bertz CT molecular complexity index is 1530. The first-order valence-electron chi connectivity index (χ1n) is 11.8. The molecule has 0 saturated carbocycles. The second kappa shape index (κ2) is 9.55. The second-order valence-corrected chi connectivity index (χ2v) is 8.73. The maximum Gasteiger partial charge on any atom is 0.299 e. The molecule has 0 bridgehead atoms. The molecule has 3 heterocycles. The fourth-order valence-corrected chi connectivity index (χ4v) is 4.75. The van der Waals surface area contributed by atoms with Gasteiger partial charge in [-0.05, 0) is 68.5 Å². The second-order valence-electron chi connectivity index (χ2n) is 8.73. The van der Waals surface area contributed by atoms with Crippen molar-refractivity contribution in [2.75, 3.05) is 17.6 Å². The quantitative estimate of drug-likeness (QED) is 0.328. The molecule has 0 radical (unpaired) electrons. The van der Waals surface area contributed by atoms with Gasteiger partial charge in [-0.25, -0.2) is 9.97 Å². The summed E-state index contributed by atoms with van der Waals surface area (Å²) in [6, 6.07) is 15.1. The summed E-state index contributed by atoms with van der Waals surface area (Å²) in [4.78, 5) is 37.1. The van der Waals surface area contributed by atoms with Crippen LogP contribution in [0.3, 0.4) is 0 Å². The number of para-hydroxylation sites is 1. The summed E-state index contributed by atoms with van der Waals surface area (Å²) >= 11 is 0. The number of carbonyl (C=O) groups excluding carboxylic acids is 2. The van der Waals surface area contributed by atoms with Gasteiger partial charge in [-0.1, -0.05) is 24.1 Å². The van der Waals surface area contributed by atoms with Gasteiger partial charge in [0, 0.05) is 35.9 Å². The molecule has 1 aliphatic rings. The van der Waals surface area contributed by atoms with Gasteiger partial charge in [-0.2, -0.15) is 0 Å². The van der Waals surface area contributed by atoms with Gasteiger partial charge in [0.25, 0.3) is 5.91 Å². The molecule has 2 aromatic heterocycles. The molecule has 8 nitrogen and oxygen atoms in total. The topological polar surface area (TPSA) is 106 Å². The summed E-state index contributed by atoms with van der Waals surface area (Å²) in [6.07, 6.45) is 4.86. The summed E-state index contributed by atoms with van der Waals surface area (Å²) in [5, 5.41) is 3.35. The molecule has 4 aromatic rings. The Morgan fingerprint density at radius 2 is 1.94 bits per heavy atom. The van der Waals surface area contributed by atoms with E-state index in [4.69, 9.17) is 10.7 Å². The van der Waals surface area contributed by atoms with Gasteiger partial charge in [0.2, 0.25) is 5.78 Å². The van der Waals surface area contributed by atoms with Crippen LogP contribution in [-0.2, 0) is 4.79 Å². The fourth-order valence-electron chi connectivity index (χ4n) is 4.75. The van der Waals surface area contributed by atoms with Crippen LogP contribution in [0.2, 0.25) is 0 Å². The minimum atomic E-state index is -0.298. The molecule has 36 heavy (non-hydrogen) atoms. The number of amides is 1. The first-order chi connectivity index (χ1) is 17.5. The number of anilines is 3. The number of aromatic nitrogens is 3. The number of carbonyl (C=O) groups is 2. The number of hydrogen-bond acceptors (Lipinski definition) is 6. The van der Waals surface area contributed by atoms with E-state index in [2.05, 4.69) is 22.1 Å². The summed E-state index contributed by atoms with van der Waals surface area (Å²) in [6.45, 7) is 4.12. The van der Waals surface area contributed by atoms with E-state index >= 15 is 0 Å². The summed E-state index contributed by atoms with van der Waals surface area (Å²) < 4.78 is 1.78. The minimum absolute atomic E-state index is 0.212. The number of imidazole rings is 1. The number of nitrogens with one attached hydrogen (secondary N) is 1. The van der Waals surface area contributed by atoms with Crippen molar-refractivity contribution in [3.63, 3.8) is 0 Å². The van der Waals surface area contributed by atoms with E-state index in [1.165, 1.54) is 0 Å². The molecule has 0 spiro atoms. The average Bonchev–Trinajstić information content (AvgIpc) is 3.50. The molecule has 2 aromatic carbocycles. The van der Waals surface area contributed by atoms with Crippen LogP contribution in [0, 0.1) is 18.8 Å². The summed E-state index contributed by atoms with van der Waals surface area (Å²) in [7, 11) is 0. The molecule has 3 N–H and O–H groups in total.